The molecule has 1 fully saturated rings. The Bertz CT molecular complexity index is 479. The van der Waals surface area contributed by atoms with E-state index in [2.05, 4.69) is 18.7 Å². The molecule has 0 amide bonds. The van der Waals surface area contributed by atoms with Crippen LogP contribution in [0.3, 0.4) is 0 Å². The minimum atomic E-state index is -0.373. The molecule has 0 aromatic heterocycles. The monoisotopic (exact) mass is 282 g/mol. The van der Waals surface area contributed by atoms with Gasteiger partial charge < -0.3 is 4.90 Å². The maximum atomic E-state index is 10.8. The third kappa shape index (κ3) is 3.00. The van der Waals surface area contributed by atoms with Crippen molar-refractivity contribution in [3.8, 4) is 0 Å². The Hall–Kier alpha value is -1.29. The van der Waals surface area contributed by atoms with E-state index in [1.165, 1.54) is 0 Å². The van der Waals surface area contributed by atoms with E-state index in [1.54, 1.807) is 12.1 Å². The summed E-state index contributed by atoms with van der Waals surface area (Å²) >= 11 is 5.96. The van der Waals surface area contributed by atoms with Crippen molar-refractivity contribution in [3.05, 3.63) is 33.9 Å². The van der Waals surface area contributed by atoms with Gasteiger partial charge in [0.15, 0.2) is 0 Å². The molecule has 2 atom stereocenters. The Morgan fingerprint density at radius 2 is 2.21 bits per heavy atom. The molecule has 1 aliphatic rings. The van der Waals surface area contributed by atoms with Gasteiger partial charge in [-0.3, -0.25) is 10.1 Å². The highest BCUT2D eigenvalue weighted by molar-refractivity contribution is 6.17. The number of anilines is 1. The van der Waals surface area contributed by atoms with Crippen molar-refractivity contribution in [2.75, 3.05) is 11.4 Å². The maximum Gasteiger partial charge on any atom is 0.269 e. The SMILES string of the molecule is CC1CCN(c2ccc([N+](=O)[O-])cc2CCl)C(C)C1. The topological polar surface area (TPSA) is 46.4 Å². The Morgan fingerprint density at radius 1 is 1.47 bits per heavy atom. The molecule has 0 spiro atoms. The van der Waals surface area contributed by atoms with Gasteiger partial charge in [-0.05, 0) is 37.3 Å². The molecule has 1 aliphatic heterocycles. The average molecular weight is 283 g/mol. The lowest BCUT2D eigenvalue weighted by Crippen LogP contribution is -2.40. The summed E-state index contributed by atoms with van der Waals surface area (Å²) in [5.74, 6) is 1.04. The lowest BCUT2D eigenvalue weighted by molar-refractivity contribution is -0.384. The van der Waals surface area contributed by atoms with Crippen LogP contribution < -0.4 is 4.90 Å². The van der Waals surface area contributed by atoms with Crippen LogP contribution in [0.5, 0.6) is 0 Å². The van der Waals surface area contributed by atoms with Crippen LogP contribution in [0.2, 0.25) is 0 Å². The van der Waals surface area contributed by atoms with Crippen molar-refractivity contribution in [1.29, 1.82) is 0 Å². The van der Waals surface area contributed by atoms with Crippen LogP contribution in [-0.4, -0.2) is 17.5 Å². The fraction of sp³-hybridized carbons (Fsp3) is 0.571. The van der Waals surface area contributed by atoms with Gasteiger partial charge in [0.2, 0.25) is 0 Å². The second-order valence-corrected chi connectivity index (χ2v) is 5.64. The zero-order valence-electron chi connectivity index (χ0n) is 11.3. The van der Waals surface area contributed by atoms with Crippen molar-refractivity contribution < 1.29 is 4.92 Å². The number of hydrogen-bond donors (Lipinski definition) is 0. The van der Waals surface area contributed by atoms with Gasteiger partial charge in [-0.1, -0.05) is 6.92 Å². The van der Waals surface area contributed by atoms with E-state index in [-0.39, 0.29) is 10.6 Å². The summed E-state index contributed by atoms with van der Waals surface area (Å²) in [6.07, 6.45) is 2.31. The molecule has 0 aliphatic carbocycles. The number of non-ortho nitro benzene ring substituents is 1. The van der Waals surface area contributed by atoms with Crippen molar-refractivity contribution in [1.82, 2.24) is 0 Å². The smallest absolute Gasteiger partial charge is 0.269 e. The molecule has 5 heteroatoms. The highest BCUT2D eigenvalue weighted by Gasteiger charge is 2.25. The zero-order chi connectivity index (χ0) is 14.0. The van der Waals surface area contributed by atoms with Crippen molar-refractivity contribution in [3.63, 3.8) is 0 Å². The number of halogens is 1. The third-order valence-electron chi connectivity index (χ3n) is 3.87. The first-order valence-electron chi connectivity index (χ1n) is 6.63. The molecule has 0 saturated carbocycles. The van der Waals surface area contributed by atoms with Gasteiger partial charge in [-0.15, -0.1) is 11.6 Å². The predicted octanol–water partition coefficient (Wildman–Crippen LogP) is 3.96. The van der Waals surface area contributed by atoms with E-state index in [0.29, 0.717) is 11.9 Å². The van der Waals surface area contributed by atoms with Gasteiger partial charge in [0, 0.05) is 36.3 Å². The number of rotatable bonds is 3. The van der Waals surface area contributed by atoms with Gasteiger partial charge >= 0.3 is 0 Å². The summed E-state index contributed by atoms with van der Waals surface area (Å²) in [6, 6.07) is 5.44. The van der Waals surface area contributed by atoms with E-state index in [9.17, 15) is 10.1 Å². The Morgan fingerprint density at radius 3 is 2.79 bits per heavy atom. The van der Waals surface area contributed by atoms with Gasteiger partial charge in [0.1, 0.15) is 0 Å². The standard InChI is InChI=1S/C14H19ClN2O2/c1-10-5-6-16(11(2)7-10)14-4-3-13(17(18)19)8-12(14)9-15/h3-4,8,10-11H,5-7,9H2,1-2H3. The van der Waals surface area contributed by atoms with Crippen LogP contribution >= 0.6 is 11.6 Å². The summed E-state index contributed by atoms with van der Waals surface area (Å²) in [7, 11) is 0. The summed E-state index contributed by atoms with van der Waals surface area (Å²) < 4.78 is 0. The summed E-state index contributed by atoms with van der Waals surface area (Å²) in [6.45, 7) is 5.46. The molecular formula is C14H19ClN2O2. The molecule has 2 unspecified atom stereocenters. The first-order chi connectivity index (χ1) is 9.02. The number of benzene rings is 1. The minimum Gasteiger partial charge on any atom is -0.369 e. The van der Waals surface area contributed by atoms with E-state index >= 15 is 0 Å². The van der Waals surface area contributed by atoms with Crippen LogP contribution in [0.15, 0.2) is 18.2 Å². The molecule has 2 rings (SSSR count). The number of hydrogen-bond acceptors (Lipinski definition) is 3. The molecule has 104 valence electrons. The minimum absolute atomic E-state index is 0.109. The molecule has 1 saturated heterocycles. The highest BCUT2D eigenvalue weighted by atomic mass is 35.5. The van der Waals surface area contributed by atoms with E-state index in [4.69, 9.17) is 11.6 Å². The molecule has 0 bridgehead atoms. The summed E-state index contributed by atoms with van der Waals surface area (Å²) in [5.41, 5.74) is 2.00. The fourth-order valence-corrected chi connectivity index (χ4v) is 3.05. The second-order valence-electron chi connectivity index (χ2n) is 5.38. The average Bonchev–Trinajstić information content (AvgIpc) is 2.38. The van der Waals surface area contributed by atoms with Crippen molar-refractivity contribution in [2.45, 2.75) is 38.6 Å². The molecule has 1 heterocycles. The Kier molecular flexibility index (Phi) is 4.30. The van der Waals surface area contributed by atoms with Crippen LogP contribution in [0, 0.1) is 16.0 Å². The quantitative estimate of drug-likeness (QED) is 0.479. The van der Waals surface area contributed by atoms with Crippen molar-refractivity contribution in [2.24, 2.45) is 5.92 Å². The number of alkyl halides is 1. The molecule has 0 radical (unpaired) electrons. The van der Waals surface area contributed by atoms with E-state index < -0.39 is 0 Å². The highest BCUT2D eigenvalue weighted by Crippen LogP contribution is 2.32. The van der Waals surface area contributed by atoms with Gasteiger partial charge in [0.25, 0.3) is 5.69 Å². The first kappa shape index (κ1) is 14.1. The van der Waals surface area contributed by atoms with Gasteiger partial charge in [0.05, 0.1) is 4.92 Å². The Labute approximate surface area is 118 Å². The molecular weight excluding hydrogens is 264 g/mol. The van der Waals surface area contributed by atoms with Crippen LogP contribution in [-0.2, 0) is 5.88 Å². The van der Waals surface area contributed by atoms with Gasteiger partial charge in [-0.2, -0.15) is 0 Å². The normalized spacial score (nSPS) is 23.4. The summed E-state index contributed by atoms with van der Waals surface area (Å²) in [4.78, 5) is 12.8. The van der Waals surface area contributed by atoms with Gasteiger partial charge in [-0.25, -0.2) is 0 Å². The third-order valence-corrected chi connectivity index (χ3v) is 4.15. The maximum absolute atomic E-state index is 10.8. The fourth-order valence-electron chi connectivity index (χ4n) is 2.84. The summed E-state index contributed by atoms with van der Waals surface area (Å²) in [5, 5.41) is 10.8. The van der Waals surface area contributed by atoms with Crippen LogP contribution in [0.25, 0.3) is 0 Å². The van der Waals surface area contributed by atoms with Crippen LogP contribution in [0.4, 0.5) is 11.4 Å². The Balaban J connectivity index is 2.31. The molecule has 0 N–H and O–H groups in total. The number of nitro benzene ring substituents is 1. The van der Waals surface area contributed by atoms with Crippen molar-refractivity contribution >= 4 is 23.0 Å². The first-order valence-corrected chi connectivity index (χ1v) is 7.16. The largest absolute Gasteiger partial charge is 0.369 e. The number of nitrogens with zero attached hydrogens (tertiary/aromatic N) is 2. The van der Waals surface area contributed by atoms with E-state index in [1.807, 2.05) is 6.07 Å². The number of piperidine rings is 1. The second kappa shape index (κ2) is 5.78. The lowest BCUT2D eigenvalue weighted by atomic mass is 9.92. The molecule has 1 aromatic rings. The molecule has 19 heavy (non-hydrogen) atoms. The molecule has 1 aromatic carbocycles. The molecule has 4 nitrogen and oxygen atoms in total. The zero-order valence-corrected chi connectivity index (χ0v) is 12.1. The van der Waals surface area contributed by atoms with E-state index in [0.717, 1.165) is 36.6 Å². The predicted molar refractivity (Wildman–Crippen MR) is 77.9 cm³/mol. The number of nitro groups is 1. The lowest BCUT2D eigenvalue weighted by Gasteiger charge is -2.39. The van der Waals surface area contributed by atoms with Crippen LogP contribution in [0.1, 0.15) is 32.3 Å².